The summed E-state index contributed by atoms with van der Waals surface area (Å²) < 4.78 is 0. The third kappa shape index (κ3) is 6.97. The normalized spacial score (nSPS) is 10.8. The Bertz CT molecular complexity index is 633. The van der Waals surface area contributed by atoms with Crippen molar-refractivity contribution in [3.8, 4) is 6.07 Å². The van der Waals surface area contributed by atoms with Crippen LogP contribution in [0.2, 0.25) is 0 Å². The number of aliphatic carboxylic acids is 1. The maximum absolute atomic E-state index is 12.0. The number of para-hydroxylation sites is 1. The van der Waals surface area contributed by atoms with Gasteiger partial charge in [0.15, 0.2) is 0 Å². The minimum absolute atomic E-state index is 0.00596. The molecule has 1 amide bonds. The molecule has 0 radical (unpaired) electrons. The Morgan fingerprint density at radius 3 is 2.67 bits per heavy atom. The first kappa shape index (κ1) is 19.2. The molecule has 24 heavy (non-hydrogen) atoms. The molecule has 0 aliphatic heterocycles. The van der Waals surface area contributed by atoms with E-state index in [2.05, 4.69) is 10.6 Å². The highest BCUT2D eigenvalue weighted by molar-refractivity contribution is 5.97. The Morgan fingerprint density at radius 2 is 2.00 bits per heavy atom. The summed E-state index contributed by atoms with van der Waals surface area (Å²) in [7, 11) is 0. The molecule has 3 N–H and O–H groups in total. The van der Waals surface area contributed by atoms with Crippen LogP contribution in [0.4, 0.5) is 5.69 Å². The zero-order valence-electron chi connectivity index (χ0n) is 13.8. The molecule has 0 saturated carbocycles. The van der Waals surface area contributed by atoms with E-state index in [4.69, 9.17) is 10.4 Å². The predicted octanol–water partition coefficient (Wildman–Crippen LogP) is 2.83. The number of anilines is 1. The number of amides is 1. The highest BCUT2D eigenvalue weighted by Gasteiger charge is 2.08. The first-order valence-corrected chi connectivity index (χ1v) is 8.03. The Hall–Kier alpha value is -2.81. The predicted molar refractivity (Wildman–Crippen MR) is 92.3 cm³/mol. The van der Waals surface area contributed by atoms with Crippen molar-refractivity contribution in [2.45, 2.75) is 39.0 Å². The van der Waals surface area contributed by atoms with Crippen LogP contribution in [0, 0.1) is 11.3 Å². The summed E-state index contributed by atoms with van der Waals surface area (Å²) in [5.41, 5.74) is 1.98. The maximum atomic E-state index is 12.0. The van der Waals surface area contributed by atoms with Gasteiger partial charge in [0, 0.05) is 24.9 Å². The van der Waals surface area contributed by atoms with Crippen molar-refractivity contribution >= 4 is 17.6 Å². The smallest absolute Gasteiger partial charge is 0.303 e. The van der Waals surface area contributed by atoms with Gasteiger partial charge >= 0.3 is 5.97 Å². The zero-order chi connectivity index (χ0) is 17.8. The molecule has 1 aromatic carbocycles. The monoisotopic (exact) mass is 329 g/mol. The standard InChI is InChI=1S/C18H23N3O3/c1-2-14-8-5-6-9-16(14)21-13-15(12-19)18(24)20-11-7-3-4-10-17(22)23/h5-6,8-9,13,21H,2-4,7,10-11H2,1H3,(H,20,24)(H,22,23)/b15-13-. The lowest BCUT2D eigenvalue weighted by Crippen LogP contribution is -2.26. The number of hydrogen-bond acceptors (Lipinski definition) is 4. The fourth-order valence-electron chi connectivity index (χ4n) is 2.14. The van der Waals surface area contributed by atoms with Gasteiger partial charge in [-0.25, -0.2) is 0 Å². The molecule has 1 rings (SSSR count). The second kappa shape index (κ2) is 10.8. The number of rotatable bonds is 10. The molecule has 6 heteroatoms. The average molecular weight is 329 g/mol. The van der Waals surface area contributed by atoms with Crippen LogP contribution in [-0.4, -0.2) is 23.5 Å². The molecular weight excluding hydrogens is 306 g/mol. The molecule has 0 aliphatic rings. The van der Waals surface area contributed by atoms with Crippen molar-refractivity contribution in [1.29, 1.82) is 5.26 Å². The van der Waals surface area contributed by atoms with Gasteiger partial charge in [-0.3, -0.25) is 9.59 Å². The highest BCUT2D eigenvalue weighted by Crippen LogP contribution is 2.15. The van der Waals surface area contributed by atoms with Crippen molar-refractivity contribution < 1.29 is 14.7 Å². The number of unbranched alkanes of at least 4 members (excludes halogenated alkanes) is 2. The average Bonchev–Trinajstić information content (AvgIpc) is 2.58. The number of hydrogen-bond donors (Lipinski definition) is 3. The molecule has 0 atom stereocenters. The minimum Gasteiger partial charge on any atom is -0.481 e. The first-order chi connectivity index (χ1) is 11.6. The van der Waals surface area contributed by atoms with Crippen molar-refractivity contribution in [3.05, 3.63) is 41.6 Å². The summed E-state index contributed by atoms with van der Waals surface area (Å²) in [6.07, 6.45) is 4.39. The zero-order valence-corrected chi connectivity index (χ0v) is 13.8. The van der Waals surface area contributed by atoms with E-state index < -0.39 is 11.9 Å². The van der Waals surface area contributed by atoms with Gasteiger partial charge in [-0.15, -0.1) is 0 Å². The van der Waals surface area contributed by atoms with Crippen LogP contribution >= 0.6 is 0 Å². The molecule has 0 aliphatic carbocycles. The molecule has 0 spiro atoms. The molecule has 0 unspecified atom stereocenters. The van der Waals surface area contributed by atoms with Gasteiger partial charge in [-0.2, -0.15) is 5.26 Å². The van der Waals surface area contributed by atoms with E-state index in [1.54, 1.807) is 0 Å². The van der Waals surface area contributed by atoms with Crippen LogP contribution in [0.5, 0.6) is 0 Å². The van der Waals surface area contributed by atoms with Gasteiger partial charge in [0.05, 0.1) is 0 Å². The molecular formula is C18H23N3O3. The van der Waals surface area contributed by atoms with Gasteiger partial charge in [-0.05, 0) is 30.9 Å². The Kier molecular flexibility index (Phi) is 8.69. The number of nitriles is 1. The number of benzene rings is 1. The lowest BCUT2D eigenvalue weighted by atomic mass is 10.1. The first-order valence-electron chi connectivity index (χ1n) is 8.03. The molecule has 0 heterocycles. The van der Waals surface area contributed by atoms with E-state index in [9.17, 15) is 9.59 Å². The fraction of sp³-hybridized carbons (Fsp3) is 0.389. The van der Waals surface area contributed by atoms with Gasteiger partial charge in [0.2, 0.25) is 0 Å². The van der Waals surface area contributed by atoms with E-state index >= 15 is 0 Å². The van der Waals surface area contributed by atoms with Crippen molar-refractivity contribution in [3.63, 3.8) is 0 Å². The van der Waals surface area contributed by atoms with Crippen LogP contribution in [0.15, 0.2) is 36.0 Å². The molecule has 0 bridgehead atoms. The molecule has 6 nitrogen and oxygen atoms in total. The summed E-state index contributed by atoms with van der Waals surface area (Å²) >= 11 is 0. The highest BCUT2D eigenvalue weighted by atomic mass is 16.4. The lowest BCUT2D eigenvalue weighted by Gasteiger charge is -2.08. The van der Waals surface area contributed by atoms with Crippen molar-refractivity contribution in [2.75, 3.05) is 11.9 Å². The van der Waals surface area contributed by atoms with Crippen LogP contribution < -0.4 is 10.6 Å². The topological polar surface area (TPSA) is 102 Å². The maximum Gasteiger partial charge on any atom is 0.303 e. The van der Waals surface area contributed by atoms with E-state index in [1.165, 1.54) is 6.20 Å². The number of carboxylic acids is 1. The van der Waals surface area contributed by atoms with Crippen molar-refractivity contribution in [2.24, 2.45) is 0 Å². The molecule has 128 valence electrons. The Balaban J connectivity index is 2.46. The second-order valence-corrected chi connectivity index (χ2v) is 5.29. The number of nitrogens with one attached hydrogen (secondary N) is 2. The second-order valence-electron chi connectivity index (χ2n) is 5.29. The van der Waals surface area contributed by atoms with E-state index in [0.29, 0.717) is 19.4 Å². The van der Waals surface area contributed by atoms with Crippen LogP contribution in [0.3, 0.4) is 0 Å². The third-order valence-corrected chi connectivity index (χ3v) is 3.49. The van der Waals surface area contributed by atoms with Crippen LogP contribution in [0.25, 0.3) is 0 Å². The van der Waals surface area contributed by atoms with Gasteiger partial charge < -0.3 is 15.7 Å². The van der Waals surface area contributed by atoms with E-state index in [0.717, 1.165) is 24.1 Å². The lowest BCUT2D eigenvalue weighted by molar-refractivity contribution is -0.137. The molecule has 0 fully saturated rings. The Morgan fingerprint density at radius 1 is 1.25 bits per heavy atom. The minimum atomic E-state index is -0.813. The number of carbonyl (C=O) groups excluding carboxylic acids is 1. The number of carboxylic acid groups (broad SMARTS) is 1. The largest absolute Gasteiger partial charge is 0.481 e. The van der Waals surface area contributed by atoms with Crippen LogP contribution in [0.1, 0.15) is 38.2 Å². The fourth-order valence-corrected chi connectivity index (χ4v) is 2.14. The van der Waals surface area contributed by atoms with Gasteiger partial charge in [-0.1, -0.05) is 31.5 Å². The summed E-state index contributed by atoms with van der Waals surface area (Å²) in [6.45, 7) is 2.45. The number of aryl methyl sites for hydroxylation is 1. The molecule has 0 saturated heterocycles. The summed E-state index contributed by atoms with van der Waals surface area (Å²) in [4.78, 5) is 22.3. The summed E-state index contributed by atoms with van der Waals surface area (Å²) in [5, 5.41) is 23.3. The quantitative estimate of drug-likeness (QED) is 0.348. The molecule has 1 aromatic rings. The van der Waals surface area contributed by atoms with E-state index in [-0.39, 0.29) is 12.0 Å². The third-order valence-electron chi connectivity index (χ3n) is 3.49. The SMILES string of the molecule is CCc1ccccc1N/C=C(/C#N)C(=O)NCCCCCC(=O)O. The molecule has 0 aromatic heterocycles. The summed E-state index contributed by atoms with van der Waals surface area (Å²) in [6, 6.07) is 9.59. The number of carbonyl (C=O) groups is 2. The van der Waals surface area contributed by atoms with Crippen LogP contribution in [-0.2, 0) is 16.0 Å². The van der Waals surface area contributed by atoms with Crippen molar-refractivity contribution in [1.82, 2.24) is 5.32 Å². The Labute approximate surface area is 142 Å². The van der Waals surface area contributed by atoms with Gasteiger partial charge in [0.1, 0.15) is 11.6 Å². The van der Waals surface area contributed by atoms with E-state index in [1.807, 2.05) is 37.3 Å². The summed E-state index contributed by atoms with van der Waals surface area (Å²) in [5.74, 6) is -1.25. The van der Waals surface area contributed by atoms with Gasteiger partial charge in [0.25, 0.3) is 5.91 Å². The number of nitrogens with zero attached hydrogens (tertiary/aromatic N) is 1.